The molecule has 1 saturated heterocycles. The number of rotatable bonds is 4. The van der Waals surface area contributed by atoms with Gasteiger partial charge in [-0.05, 0) is 18.6 Å². The fourth-order valence-electron chi connectivity index (χ4n) is 1.70. The summed E-state index contributed by atoms with van der Waals surface area (Å²) in [7, 11) is 1.20. The van der Waals surface area contributed by atoms with Crippen molar-refractivity contribution in [2.24, 2.45) is 0 Å². The number of nitrogen functional groups attached to an aromatic ring is 1. The van der Waals surface area contributed by atoms with Crippen LogP contribution in [0.4, 0.5) is 15.8 Å². The third-order valence-electron chi connectivity index (χ3n) is 2.88. The zero-order chi connectivity index (χ0) is 13.1. The highest BCUT2D eigenvalue weighted by molar-refractivity contribution is 5.92. The van der Waals surface area contributed by atoms with Crippen LogP contribution in [-0.2, 0) is 9.47 Å². The molecule has 1 aliphatic rings. The molecule has 1 atom stereocenters. The largest absolute Gasteiger partial charge is 0.465 e. The minimum atomic E-state index is -0.726. The average molecular weight is 254 g/mol. The number of methoxy groups -OCH3 is 1. The van der Waals surface area contributed by atoms with Gasteiger partial charge in [-0.3, -0.25) is 0 Å². The van der Waals surface area contributed by atoms with Crippen molar-refractivity contribution >= 4 is 17.3 Å². The van der Waals surface area contributed by atoms with Crippen LogP contribution >= 0.6 is 0 Å². The highest BCUT2D eigenvalue weighted by atomic mass is 19.1. The Balaban J connectivity index is 2.18. The topological polar surface area (TPSA) is 73.6 Å². The number of carbonyl (C=O) groups excluding carboxylic acids is 1. The van der Waals surface area contributed by atoms with Crippen molar-refractivity contribution < 1.29 is 18.7 Å². The molecule has 98 valence electrons. The second-order valence-electron chi connectivity index (χ2n) is 4.05. The Morgan fingerprint density at radius 3 is 2.94 bits per heavy atom. The lowest BCUT2D eigenvalue weighted by Gasteiger charge is -2.27. The number of nitrogens with one attached hydrogen (secondary N) is 1. The van der Waals surface area contributed by atoms with Crippen molar-refractivity contribution in [1.82, 2.24) is 0 Å². The van der Waals surface area contributed by atoms with Gasteiger partial charge in [-0.15, -0.1) is 0 Å². The summed E-state index contributed by atoms with van der Waals surface area (Å²) in [5.41, 5.74) is 5.92. The number of nitrogens with two attached hydrogens (primary N) is 1. The van der Waals surface area contributed by atoms with Gasteiger partial charge in [0, 0.05) is 13.2 Å². The Bertz CT molecular complexity index is 461. The zero-order valence-electron chi connectivity index (χ0n) is 10.0. The van der Waals surface area contributed by atoms with E-state index in [0.29, 0.717) is 6.54 Å². The van der Waals surface area contributed by atoms with Gasteiger partial charge < -0.3 is 20.5 Å². The molecule has 0 aromatic heterocycles. The predicted octanol–water partition coefficient (Wildman–Crippen LogP) is 1.40. The van der Waals surface area contributed by atoms with Crippen molar-refractivity contribution in [3.63, 3.8) is 0 Å². The number of esters is 1. The molecule has 6 heteroatoms. The second-order valence-corrected chi connectivity index (χ2v) is 4.05. The molecule has 2 rings (SSSR count). The standard InChI is InChI=1S/C12H15FN2O3/c1-17-12(16)8-2-3-9(14)11(10(8)13)15-6-7-4-5-18-7/h2-3,7,15H,4-6,14H2,1H3. The summed E-state index contributed by atoms with van der Waals surface area (Å²) >= 11 is 0. The minimum Gasteiger partial charge on any atom is -0.465 e. The first-order chi connectivity index (χ1) is 8.63. The van der Waals surface area contributed by atoms with Gasteiger partial charge in [-0.1, -0.05) is 0 Å². The van der Waals surface area contributed by atoms with E-state index in [9.17, 15) is 9.18 Å². The summed E-state index contributed by atoms with van der Waals surface area (Å²) in [6, 6.07) is 2.78. The Morgan fingerprint density at radius 2 is 2.39 bits per heavy atom. The van der Waals surface area contributed by atoms with Crippen LogP contribution in [0, 0.1) is 5.82 Å². The number of ether oxygens (including phenoxy) is 2. The highest BCUT2D eigenvalue weighted by Crippen LogP contribution is 2.26. The molecule has 1 heterocycles. The van der Waals surface area contributed by atoms with E-state index in [0.717, 1.165) is 13.0 Å². The van der Waals surface area contributed by atoms with Gasteiger partial charge in [0.15, 0.2) is 5.82 Å². The zero-order valence-corrected chi connectivity index (χ0v) is 10.0. The molecule has 1 aliphatic heterocycles. The lowest BCUT2D eigenvalue weighted by atomic mass is 10.1. The van der Waals surface area contributed by atoms with Crippen LogP contribution in [0.5, 0.6) is 0 Å². The smallest absolute Gasteiger partial charge is 0.340 e. The van der Waals surface area contributed by atoms with Crippen LogP contribution in [0.15, 0.2) is 12.1 Å². The van der Waals surface area contributed by atoms with Gasteiger partial charge in [-0.25, -0.2) is 9.18 Å². The van der Waals surface area contributed by atoms with Crippen LogP contribution in [0.25, 0.3) is 0 Å². The van der Waals surface area contributed by atoms with E-state index >= 15 is 0 Å². The summed E-state index contributed by atoms with van der Waals surface area (Å²) in [6.45, 7) is 1.19. The van der Waals surface area contributed by atoms with Crippen molar-refractivity contribution in [3.05, 3.63) is 23.5 Å². The molecule has 1 aromatic rings. The van der Waals surface area contributed by atoms with Crippen LogP contribution in [0.1, 0.15) is 16.8 Å². The van der Waals surface area contributed by atoms with Gasteiger partial charge >= 0.3 is 5.97 Å². The molecular weight excluding hydrogens is 239 g/mol. The third kappa shape index (κ3) is 2.38. The molecule has 0 spiro atoms. The van der Waals surface area contributed by atoms with E-state index in [-0.39, 0.29) is 23.0 Å². The van der Waals surface area contributed by atoms with E-state index in [2.05, 4.69) is 10.1 Å². The highest BCUT2D eigenvalue weighted by Gasteiger charge is 2.21. The molecule has 1 aromatic carbocycles. The Kier molecular flexibility index (Phi) is 3.66. The van der Waals surface area contributed by atoms with E-state index in [1.165, 1.54) is 19.2 Å². The number of carbonyl (C=O) groups is 1. The monoisotopic (exact) mass is 254 g/mol. The van der Waals surface area contributed by atoms with Crippen molar-refractivity contribution in [3.8, 4) is 0 Å². The maximum absolute atomic E-state index is 14.1. The molecular formula is C12H15FN2O3. The number of benzene rings is 1. The van der Waals surface area contributed by atoms with Gasteiger partial charge in [-0.2, -0.15) is 0 Å². The normalized spacial score (nSPS) is 18.0. The quantitative estimate of drug-likeness (QED) is 0.627. The van der Waals surface area contributed by atoms with Crippen molar-refractivity contribution in [1.29, 1.82) is 0 Å². The number of anilines is 2. The fourth-order valence-corrected chi connectivity index (χ4v) is 1.70. The molecule has 0 bridgehead atoms. The average Bonchev–Trinajstić information content (AvgIpc) is 2.30. The van der Waals surface area contributed by atoms with Crippen LogP contribution in [0.2, 0.25) is 0 Å². The van der Waals surface area contributed by atoms with Crippen LogP contribution in [0.3, 0.4) is 0 Å². The lowest BCUT2D eigenvalue weighted by molar-refractivity contribution is -0.0410. The van der Waals surface area contributed by atoms with Crippen LogP contribution < -0.4 is 11.1 Å². The van der Waals surface area contributed by atoms with Crippen molar-refractivity contribution in [2.45, 2.75) is 12.5 Å². The Hall–Kier alpha value is -1.82. The molecule has 0 aliphatic carbocycles. The summed E-state index contributed by atoms with van der Waals surface area (Å²) in [5.74, 6) is -1.42. The second kappa shape index (κ2) is 5.22. The number of hydrogen-bond donors (Lipinski definition) is 2. The minimum absolute atomic E-state index is 0.0746. The van der Waals surface area contributed by atoms with Crippen LogP contribution in [-0.4, -0.2) is 32.3 Å². The van der Waals surface area contributed by atoms with E-state index in [1.54, 1.807) is 0 Å². The first-order valence-electron chi connectivity index (χ1n) is 5.65. The SMILES string of the molecule is COC(=O)c1ccc(N)c(NCC2CCO2)c1F. The summed E-state index contributed by atoms with van der Waals surface area (Å²) in [5, 5.41) is 2.87. The predicted molar refractivity (Wildman–Crippen MR) is 65.0 cm³/mol. The molecule has 5 nitrogen and oxygen atoms in total. The molecule has 0 saturated carbocycles. The third-order valence-corrected chi connectivity index (χ3v) is 2.88. The van der Waals surface area contributed by atoms with E-state index in [1.807, 2.05) is 0 Å². The molecule has 1 fully saturated rings. The van der Waals surface area contributed by atoms with Crippen molar-refractivity contribution in [2.75, 3.05) is 31.3 Å². The summed E-state index contributed by atoms with van der Waals surface area (Å²) in [6.07, 6.45) is 1.01. The summed E-state index contributed by atoms with van der Waals surface area (Å²) < 4.78 is 23.8. The number of halogens is 1. The maximum atomic E-state index is 14.1. The summed E-state index contributed by atoms with van der Waals surface area (Å²) in [4.78, 5) is 11.3. The van der Waals surface area contributed by atoms with Gasteiger partial charge in [0.05, 0.1) is 30.2 Å². The first kappa shape index (κ1) is 12.6. The van der Waals surface area contributed by atoms with Gasteiger partial charge in [0.1, 0.15) is 0 Å². The van der Waals surface area contributed by atoms with E-state index in [4.69, 9.17) is 10.5 Å². The number of hydrogen-bond acceptors (Lipinski definition) is 5. The molecule has 1 unspecified atom stereocenters. The van der Waals surface area contributed by atoms with Gasteiger partial charge in [0.2, 0.25) is 0 Å². The lowest BCUT2D eigenvalue weighted by Crippen LogP contribution is -2.33. The molecule has 3 N–H and O–H groups in total. The molecule has 0 radical (unpaired) electrons. The fraction of sp³-hybridized carbons (Fsp3) is 0.417. The Morgan fingerprint density at radius 1 is 1.67 bits per heavy atom. The first-order valence-corrected chi connectivity index (χ1v) is 5.65. The molecule has 0 amide bonds. The van der Waals surface area contributed by atoms with Gasteiger partial charge in [0.25, 0.3) is 0 Å². The molecule has 18 heavy (non-hydrogen) atoms. The maximum Gasteiger partial charge on any atom is 0.340 e. The Labute approximate surface area is 104 Å². The van der Waals surface area contributed by atoms with E-state index < -0.39 is 11.8 Å².